The molecule has 1 radical (unpaired) electrons. The summed E-state index contributed by atoms with van der Waals surface area (Å²) >= 11 is 0. The Bertz CT molecular complexity index is 382. The van der Waals surface area contributed by atoms with Gasteiger partial charge in [-0.15, -0.1) is 0 Å². The maximum Gasteiger partial charge on any atom is 0.131 e. The van der Waals surface area contributed by atoms with E-state index in [2.05, 4.69) is 11.1 Å². The number of fused-ring (bicyclic) bond motifs is 1. The van der Waals surface area contributed by atoms with Crippen molar-refractivity contribution < 1.29 is 0 Å². The van der Waals surface area contributed by atoms with Crippen LogP contribution >= 0.6 is 0 Å². The third-order valence-corrected chi connectivity index (χ3v) is 1.80. The number of nitrogens with zero attached hydrogens (tertiary/aromatic N) is 1. The molecule has 0 unspecified atom stereocenters. The Morgan fingerprint density at radius 2 is 2.00 bits per heavy atom. The lowest BCUT2D eigenvalue weighted by Crippen LogP contribution is -1.93. The van der Waals surface area contributed by atoms with Crippen LogP contribution < -0.4 is 11.5 Å². The highest BCUT2D eigenvalue weighted by Gasteiger charge is 1.99. The molecule has 1 heterocycles. The number of hydrogen-bond acceptors (Lipinski definition) is 3. The molecule has 0 aliphatic rings. The molecular weight excluding hydrogens is 150 g/mol. The number of hydrogen-bond donors (Lipinski definition) is 2. The second-order valence-electron chi connectivity index (χ2n) is 2.57. The van der Waals surface area contributed by atoms with Crippen molar-refractivity contribution in [2.24, 2.45) is 0 Å². The highest BCUT2D eigenvalue weighted by Crippen LogP contribution is 2.22. The van der Waals surface area contributed by atoms with E-state index in [1.165, 1.54) is 0 Å². The van der Waals surface area contributed by atoms with Crippen molar-refractivity contribution in [1.82, 2.24) is 4.98 Å². The van der Waals surface area contributed by atoms with Gasteiger partial charge in [0.2, 0.25) is 0 Å². The number of rotatable bonds is 0. The minimum absolute atomic E-state index is 0.496. The van der Waals surface area contributed by atoms with Gasteiger partial charge in [-0.3, -0.25) is 0 Å². The van der Waals surface area contributed by atoms with Gasteiger partial charge in [-0.1, -0.05) is 0 Å². The number of anilines is 2. The molecule has 0 aliphatic heterocycles. The van der Waals surface area contributed by atoms with Crippen molar-refractivity contribution in [3.8, 4) is 0 Å². The Morgan fingerprint density at radius 3 is 2.75 bits per heavy atom. The first-order chi connectivity index (χ1) is 5.79. The van der Waals surface area contributed by atoms with Gasteiger partial charge in [0.25, 0.3) is 0 Å². The maximum atomic E-state index is 5.71. The van der Waals surface area contributed by atoms with Crippen LogP contribution in [0.4, 0.5) is 11.5 Å². The summed E-state index contributed by atoms with van der Waals surface area (Å²) in [5.41, 5.74) is 12.0. The van der Waals surface area contributed by atoms with Crippen LogP contribution in [-0.2, 0) is 0 Å². The topological polar surface area (TPSA) is 64.9 Å². The summed E-state index contributed by atoms with van der Waals surface area (Å²) in [6, 6.07) is 8.25. The van der Waals surface area contributed by atoms with Gasteiger partial charge in [0, 0.05) is 22.7 Å². The van der Waals surface area contributed by atoms with Gasteiger partial charge >= 0.3 is 0 Å². The van der Waals surface area contributed by atoms with E-state index < -0.39 is 0 Å². The van der Waals surface area contributed by atoms with Gasteiger partial charge in [-0.2, -0.15) is 0 Å². The molecule has 12 heavy (non-hydrogen) atoms. The van der Waals surface area contributed by atoms with Crippen molar-refractivity contribution in [2.45, 2.75) is 0 Å². The molecule has 0 amide bonds. The molecule has 2 rings (SSSR count). The molecule has 0 spiro atoms. The summed E-state index contributed by atoms with van der Waals surface area (Å²) in [4.78, 5) is 3.95. The summed E-state index contributed by atoms with van der Waals surface area (Å²) in [6.07, 6.45) is 1.65. The molecule has 2 aromatic rings. The normalized spacial score (nSPS) is 10.3. The van der Waals surface area contributed by atoms with Gasteiger partial charge in [-0.05, 0) is 24.3 Å². The lowest BCUT2D eigenvalue weighted by atomic mass is 10.1. The van der Waals surface area contributed by atoms with E-state index >= 15 is 0 Å². The average Bonchev–Trinajstić information content (AvgIpc) is 2.07. The van der Waals surface area contributed by atoms with E-state index in [1.807, 2.05) is 6.07 Å². The van der Waals surface area contributed by atoms with E-state index in [0.29, 0.717) is 11.5 Å². The Balaban J connectivity index is 2.94. The Labute approximate surface area is 70.0 Å². The molecule has 4 N–H and O–H groups in total. The SMILES string of the molecule is Nc1c[c]cc2c(N)nccc12. The Kier molecular flexibility index (Phi) is 1.37. The van der Waals surface area contributed by atoms with Gasteiger partial charge in [-0.25, -0.2) is 4.98 Å². The fraction of sp³-hybridized carbons (Fsp3) is 0. The van der Waals surface area contributed by atoms with Crippen LogP contribution in [0.1, 0.15) is 0 Å². The molecule has 0 saturated carbocycles. The minimum Gasteiger partial charge on any atom is -0.398 e. The highest BCUT2D eigenvalue weighted by molar-refractivity contribution is 5.98. The van der Waals surface area contributed by atoms with Gasteiger partial charge < -0.3 is 11.5 Å². The number of benzene rings is 1. The van der Waals surface area contributed by atoms with Crippen molar-refractivity contribution in [1.29, 1.82) is 0 Å². The number of nitrogens with two attached hydrogens (primary N) is 2. The molecule has 3 heteroatoms. The Morgan fingerprint density at radius 1 is 1.17 bits per heavy atom. The molecule has 0 atom stereocenters. The highest BCUT2D eigenvalue weighted by atomic mass is 14.8. The largest absolute Gasteiger partial charge is 0.398 e. The first-order valence-corrected chi connectivity index (χ1v) is 3.59. The molecule has 0 saturated heterocycles. The third-order valence-electron chi connectivity index (χ3n) is 1.80. The molecular formula is C9H8N3. The van der Waals surface area contributed by atoms with Crippen LogP contribution in [0.5, 0.6) is 0 Å². The standard InChI is InChI=1S/C9H8N3/c10-8-3-1-2-7-6(8)4-5-12-9(7)11/h2-5H,10H2,(H2,11,12). The van der Waals surface area contributed by atoms with Crippen LogP contribution in [0.2, 0.25) is 0 Å². The van der Waals surface area contributed by atoms with Gasteiger partial charge in [0.1, 0.15) is 5.82 Å². The molecule has 3 nitrogen and oxygen atoms in total. The molecule has 0 bridgehead atoms. The Hall–Kier alpha value is -1.77. The van der Waals surface area contributed by atoms with E-state index in [4.69, 9.17) is 11.5 Å². The number of nitrogen functional groups attached to an aromatic ring is 2. The zero-order valence-corrected chi connectivity index (χ0v) is 6.41. The smallest absolute Gasteiger partial charge is 0.131 e. The summed E-state index contributed by atoms with van der Waals surface area (Å²) in [5, 5.41) is 1.79. The van der Waals surface area contributed by atoms with E-state index in [1.54, 1.807) is 18.3 Å². The fourth-order valence-corrected chi connectivity index (χ4v) is 1.19. The van der Waals surface area contributed by atoms with Crippen molar-refractivity contribution in [2.75, 3.05) is 11.5 Å². The van der Waals surface area contributed by atoms with Crippen LogP contribution in [0.25, 0.3) is 10.8 Å². The average molecular weight is 158 g/mol. The van der Waals surface area contributed by atoms with Crippen molar-refractivity contribution in [3.05, 3.63) is 30.5 Å². The fourth-order valence-electron chi connectivity index (χ4n) is 1.19. The van der Waals surface area contributed by atoms with Gasteiger partial charge in [0.15, 0.2) is 0 Å². The lowest BCUT2D eigenvalue weighted by Gasteiger charge is -2.01. The maximum absolute atomic E-state index is 5.71. The van der Waals surface area contributed by atoms with Crippen LogP contribution in [0.15, 0.2) is 24.4 Å². The second-order valence-corrected chi connectivity index (χ2v) is 2.57. The second kappa shape index (κ2) is 2.37. The first-order valence-electron chi connectivity index (χ1n) is 3.59. The van der Waals surface area contributed by atoms with Gasteiger partial charge in [0.05, 0.1) is 0 Å². The first kappa shape index (κ1) is 6.91. The minimum atomic E-state index is 0.496. The van der Waals surface area contributed by atoms with E-state index in [0.717, 1.165) is 10.8 Å². The summed E-state index contributed by atoms with van der Waals surface area (Å²) in [6.45, 7) is 0. The van der Waals surface area contributed by atoms with Crippen LogP contribution in [0, 0.1) is 6.07 Å². The summed E-state index contributed by atoms with van der Waals surface area (Å²) in [5.74, 6) is 0.496. The number of aromatic nitrogens is 1. The predicted octanol–water partition coefficient (Wildman–Crippen LogP) is 1.20. The molecule has 0 fully saturated rings. The summed E-state index contributed by atoms with van der Waals surface area (Å²) in [7, 11) is 0. The third kappa shape index (κ3) is 0.871. The molecule has 59 valence electrons. The van der Waals surface area contributed by atoms with Crippen LogP contribution in [0.3, 0.4) is 0 Å². The number of pyridine rings is 1. The zero-order chi connectivity index (χ0) is 8.55. The monoisotopic (exact) mass is 158 g/mol. The molecule has 0 aliphatic carbocycles. The quantitative estimate of drug-likeness (QED) is 0.566. The van der Waals surface area contributed by atoms with E-state index in [9.17, 15) is 0 Å². The van der Waals surface area contributed by atoms with E-state index in [-0.39, 0.29) is 0 Å². The predicted molar refractivity (Wildman–Crippen MR) is 49.4 cm³/mol. The van der Waals surface area contributed by atoms with Crippen LogP contribution in [-0.4, -0.2) is 4.98 Å². The zero-order valence-electron chi connectivity index (χ0n) is 6.41. The van der Waals surface area contributed by atoms with Crippen molar-refractivity contribution in [3.63, 3.8) is 0 Å². The molecule has 1 aromatic carbocycles. The lowest BCUT2D eigenvalue weighted by molar-refractivity contribution is 1.37. The summed E-state index contributed by atoms with van der Waals surface area (Å²) < 4.78 is 0. The molecule has 1 aromatic heterocycles. The van der Waals surface area contributed by atoms with Crippen molar-refractivity contribution >= 4 is 22.3 Å².